The van der Waals surface area contributed by atoms with Crippen LogP contribution in [0.25, 0.3) is 0 Å². The van der Waals surface area contributed by atoms with Gasteiger partial charge in [0.05, 0.1) is 19.0 Å². The second-order valence-corrected chi connectivity index (χ2v) is 6.04. The Balaban J connectivity index is 1.62. The van der Waals surface area contributed by atoms with Crippen molar-refractivity contribution >= 4 is 17.5 Å². The molecule has 21 heavy (non-hydrogen) atoms. The van der Waals surface area contributed by atoms with Gasteiger partial charge in [0.1, 0.15) is 11.7 Å². The van der Waals surface area contributed by atoms with Crippen molar-refractivity contribution in [2.75, 3.05) is 13.2 Å². The van der Waals surface area contributed by atoms with E-state index in [1.54, 1.807) is 11.8 Å². The molecule has 3 rings (SSSR count). The van der Waals surface area contributed by atoms with E-state index in [4.69, 9.17) is 9.26 Å². The van der Waals surface area contributed by atoms with Crippen LogP contribution < -0.4 is 0 Å². The number of carbonyl (C=O) groups is 1. The quantitative estimate of drug-likeness (QED) is 0.809. The second kappa shape index (κ2) is 6.41. The lowest BCUT2D eigenvalue weighted by Crippen LogP contribution is -2.25. The summed E-state index contributed by atoms with van der Waals surface area (Å²) < 4.78 is 10.5. The number of Topliss-reactive ketones (excluding diaryl/α,β-unsaturated/α-hetero) is 1. The highest BCUT2D eigenvalue weighted by Crippen LogP contribution is 2.24. The topological polar surface area (TPSA) is 65.2 Å². The summed E-state index contributed by atoms with van der Waals surface area (Å²) in [6.45, 7) is 2.88. The van der Waals surface area contributed by atoms with Crippen LogP contribution in [0.2, 0.25) is 0 Å². The van der Waals surface area contributed by atoms with E-state index in [0.717, 1.165) is 4.90 Å². The minimum atomic E-state index is -0.399. The van der Waals surface area contributed by atoms with Crippen LogP contribution in [0.15, 0.2) is 33.7 Å². The van der Waals surface area contributed by atoms with Gasteiger partial charge in [-0.1, -0.05) is 22.9 Å². The van der Waals surface area contributed by atoms with Gasteiger partial charge < -0.3 is 9.26 Å². The molecule has 0 amide bonds. The largest absolute Gasteiger partial charge is 0.380 e. The van der Waals surface area contributed by atoms with E-state index in [-0.39, 0.29) is 5.78 Å². The Morgan fingerprint density at radius 3 is 2.90 bits per heavy atom. The fraction of sp³-hybridized carbons (Fsp3) is 0.400. The molecule has 1 unspecified atom stereocenters. The Morgan fingerprint density at radius 2 is 2.14 bits per heavy atom. The van der Waals surface area contributed by atoms with E-state index in [1.807, 2.05) is 0 Å². The molecular weight excluding hydrogens is 288 g/mol. The number of hydrogen-bond donors (Lipinski definition) is 0. The van der Waals surface area contributed by atoms with Gasteiger partial charge in [0.15, 0.2) is 5.82 Å². The molecule has 1 aliphatic heterocycles. The van der Waals surface area contributed by atoms with Crippen molar-refractivity contribution in [1.82, 2.24) is 10.1 Å². The molecule has 1 fully saturated rings. The summed E-state index contributed by atoms with van der Waals surface area (Å²) in [4.78, 5) is 17.3. The third kappa shape index (κ3) is 3.51. The monoisotopic (exact) mass is 304 g/mol. The predicted octanol–water partition coefficient (Wildman–Crippen LogP) is 2.74. The molecule has 0 saturated carbocycles. The molecule has 0 aliphatic carbocycles. The summed E-state index contributed by atoms with van der Waals surface area (Å²) in [5, 5.41) is 3.94. The molecule has 0 spiro atoms. The van der Waals surface area contributed by atoms with Crippen molar-refractivity contribution in [3.63, 3.8) is 0 Å². The summed E-state index contributed by atoms with van der Waals surface area (Å²) in [5.41, 5.74) is 1.23. The molecule has 2 heterocycles. The lowest BCUT2D eigenvalue weighted by atomic mass is 10.0. The molecule has 5 nitrogen and oxygen atoms in total. The lowest BCUT2D eigenvalue weighted by molar-refractivity contribution is -0.127. The van der Waals surface area contributed by atoms with Crippen LogP contribution in [0.5, 0.6) is 0 Å². The number of benzene rings is 1. The predicted molar refractivity (Wildman–Crippen MR) is 78.2 cm³/mol. The lowest BCUT2D eigenvalue weighted by Gasteiger charge is -2.16. The third-order valence-electron chi connectivity index (χ3n) is 3.34. The zero-order chi connectivity index (χ0) is 14.7. The van der Waals surface area contributed by atoms with Gasteiger partial charge in [-0.25, -0.2) is 0 Å². The molecular formula is C15H16N2O3S. The van der Waals surface area contributed by atoms with E-state index >= 15 is 0 Å². The Labute approximate surface area is 127 Å². The number of ether oxygens (including phenoxy) is 1. The average molecular weight is 304 g/mol. The van der Waals surface area contributed by atoms with Gasteiger partial charge in [0.25, 0.3) is 0 Å². The van der Waals surface area contributed by atoms with Crippen LogP contribution in [0.3, 0.4) is 0 Å². The fourth-order valence-electron chi connectivity index (χ4n) is 2.10. The SMILES string of the molecule is Cc1ccc(SCc2noc(C3COCCC3=O)n2)cc1. The molecule has 0 bridgehead atoms. The van der Waals surface area contributed by atoms with Crippen LogP contribution in [0, 0.1) is 6.92 Å². The van der Waals surface area contributed by atoms with Gasteiger partial charge in [0.2, 0.25) is 5.89 Å². The third-order valence-corrected chi connectivity index (χ3v) is 4.34. The maximum absolute atomic E-state index is 11.8. The first-order chi connectivity index (χ1) is 10.2. The van der Waals surface area contributed by atoms with E-state index in [2.05, 4.69) is 41.3 Å². The van der Waals surface area contributed by atoms with Gasteiger partial charge in [-0.3, -0.25) is 4.79 Å². The first-order valence-electron chi connectivity index (χ1n) is 6.85. The number of hydrogen-bond acceptors (Lipinski definition) is 6. The van der Waals surface area contributed by atoms with Crippen molar-refractivity contribution in [3.05, 3.63) is 41.5 Å². The number of ketones is 1. The Bertz CT molecular complexity index is 624. The minimum absolute atomic E-state index is 0.114. The molecule has 0 N–H and O–H groups in total. The summed E-state index contributed by atoms with van der Waals surface area (Å²) >= 11 is 1.64. The van der Waals surface area contributed by atoms with Crippen molar-refractivity contribution in [3.8, 4) is 0 Å². The van der Waals surface area contributed by atoms with Gasteiger partial charge in [-0.15, -0.1) is 11.8 Å². The highest BCUT2D eigenvalue weighted by Gasteiger charge is 2.29. The van der Waals surface area contributed by atoms with Crippen LogP contribution in [-0.4, -0.2) is 29.1 Å². The molecule has 1 atom stereocenters. The molecule has 110 valence electrons. The van der Waals surface area contributed by atoms with E-state index in [0.29, 0.717) is 37.1 Å². The van der Waals surface area contributed by atoms with Crippen LogP contribution >= 0.6 is 11.8 Å². The number of aryl methyl sites for hydroxylation is 1. The highest BCUT2D eigenvalue weighted by atomic mass is 32.2. The molecule has 1 aromatic heterocycles. The summed E-state index contributed by atoms with van der Waals surface area (Å²) in [7, 11) is 0. The number of rotatable bonds is 4. The average Bonchev–Trinajstić information content (AvgIpc) is 2.96. The fourth-order valence-corrected chi connectivity index (χ4v) is 2.84. The maximum Gasteiger partial charge on any atom is 0.239 e. The molecule has 2 aromatic rings. The summed E-state index contributed by atoms with van der Waals surface area (Å²) in [5.74, 6) is 1.31. The Hall–Kier alpha value is -1.66. The number of nitrogens with zero attached hydrogens (tertiary/aromatic N) is 2. The molecule has 1 saturated heterocycles. The van der Waals surface area contributed by atoms with Crippen LogP contribution in [0.4, 0.5) is 0 Å². The van der Waals surface area contributed by atoms with Gasteiger partial charge in [0, 0.05) is 11.3 Å². The van der Waals surface area contributed by atoms with Crippen molar-refractivity contribution in [2.24, 2.45) is 0 Å². The maximum atomic E-state index is 11.8. The van der Waals surface area contributed by atoms with Crippen LogP contribution in [0.1, 0.15) is 29.6 Å². The minimum Gasteiger partial charge on any atom is -0.380 e. The van der Waals surface area contributed by atoms with Crippen molar-refractivity contribution < 1.29 is 14.1 Å². The number of carbonyl (C=O) groups excluding carboxylic acids is 1. The number of aromatic nitrogens is 2. The van der Waals surface area contributed by atoms with E-state index in [9.17, 15) is 4.79 Å². The summed E-state index contributed by atoms with van der Waals surface area (Å²) in [6.07, 6.45) is 0.417. The van der Waals surface area contributed by atoms with Gasteiger partial charge in [-0.2, -0.15) is 4.98 Å². The molecule has 6 heteroatoms. The van der Waals surface area contributed by atoms with E-state index in [1.165, 1.54) is 5.56 Å². The zero-order valence-corrected chi connectivity index (χ0v) is 12.6. The first-order valence-corrected chi connectivity index (χ1v) is 7.83. The van der Waals surface area contributed by atoms with Crippen molar-refractivity contribution in [2.45, 2.75) is 29.9 Å². The normalized spacial score (nSPS) is 18.9. The Kier molecular flexibility index (Phi) is 4.36. The smallest absolute Gasteiger partial charge is 0.239 e. The molecule has 1 aromatic carbocycles. The zero-order valence-electron chi connectivity index (χ0n) is 11.7. The first kappa shape index (κ1) is 14.3. The summed E-state index contributed by atoms with van der Waals surface area (Å²) in [6, 6.07) is 8.28. The Morgan fingerprint density at radius 1 is 1.33 bits per heavy atom. The van der Waals surface area contributed by atoms with Crippen molar-refractivity contribution in [1.29, 1.82) is 0 Å². The van der Waals surface area contributed by atoms with Gasteiger partial charge >= 0.3 is 0 Å². The standard InChI is InChI=1S/C15H16N2O3S/c1-10-2-4-11(5-3-10)21-9-14-16-15(20-17-14)12-8-19-7-6-13(12)18/h2-5,12H,6-9H2,1H3. The number of thioether (sulfide) groups is 1. The second-order valence-electron chi connectivity index (χ2n) is 4.99. The molecule has 0 radical (unpaired) electrons. The van der Waals surface area contributed by atoms with Crippen LogP contribution in [-0.2, 0) is 15.3 Å². The highest BCUT2D eigenvalue weighted by molar-refractivity contribution is 7.98. The molecule has 1 aliphatic rings. The van der Waals surface area contributed by atoms with Gasteiger partial charge in [-0.05, 0) is 19.1 Å². The van der Waals surface area contributed by atoms with E-state index < -0.39 is 5.92 Å².